The summed E-state index contributed by atoms with van der Waals surface area (Å²) >= 11 is 5.92. The highest BCUT2D eigenvalue weighted by molar-refractivity contribution is 6.34. The van der Waals surface area contributed by atoms with Gasteiger partial charge in [0, 0.05) is 17.9 Å². The lowest BCUT2D eigenvalue weighted by Gasteiger charge is -2.09. The molecule has 0 spiro atoms. The van der Waals surface area contributed by atoms with Crippen molar-refractivity contribution in [3.05, 3.63) is 112 Å². The molecule has 0 fully saturated rings. The van der Waals surface area contributed by atoms with Gasteiger partial charge in [-0.1, -0.05) is 41.9 Å². The van der Waals surface area contributed by atoms with Crippen molar-refractivity contribution < 1.29 is 18.8 Å². The van der Waals surface area contributed by atoms with E-state index in [9.17, 15) is 18.8 Å². The van der Waals surface area contributed by atoms with Crippen molar-refractivity contribution in [1.29, 1.82) is 0 Å². The Morgan fingerprint density at radius 1 is 0.857 bits per heavy atom. The van der Waals surface area contributed by atoms with E-state index in [4.69, 9.17) is 11.6 Å². The second kappa shape index (κ2) is 10.6. The number of halogens is 2. The molecule has 3 aromatic carbocycles. The number of aromatic amines is 1. The van der Waals surface area contributed by atoms with E-state index in [2.05, 4.69) is 25.9 Å². The minimum absolute atomic E-state index is 0.00505. The van der Waals surface area contributed by atoms with Crippen LogP contribution in [-0.2, 0) is 6.54 Å². The Balaban J connectivity index is 1.37. The number of carbonyl (C=O) groups is 3. The topological polar surface area (TPSA) is 116 Å². The summed E-state index contributed by atoms with van der Waals surface area (Å²) in [6, 6.07) is 19.1. The molecule has 0 unspecified atom stereocenters. The van der Waals surface area contributed by atoms with Crippen molar-refractivity contribution in [3.8, 4) is 0 Å². The summed E-state index contributed by atoms with van der Waals surface area (Å²) in [5.41, 5.74) is 1.89. The van der Waals surface area contributed by atoms with Crippen LogP contribution in [-0.4, -0.2) is 27.7 Å². The average Bonchev–Trinajstić information content (AvgIpc) is 3.35. The molecule has 1 heterocycles. The lowest BCUT2D eigenvalue weighted by Crippen LogP contribution is -2.26. The van der Waals surface area contributed by atoms with Crippen molar-refractivity contribution in [2.24, 2.45) is 0 Å². The van der Waals surface area contributed by atoms with Gasteiger partial charge in [0.2, 0.25) is 0 Å². The lowest BCUT2D eigenvalue weighted by molar-refractivity contribution is 0.0933. The number of carbonyl (C=O) groups excluding carboxylic acids is 3. The molecule has 0 aliphatic carbocycles. The van der Waals surface area contributed by atoms with E-state index in [1.165, 1.54) is 12.4 Å². The highest BCUT2D eigenvalue weighted by Gasteiger charge is 2.20. The molecule has 0 bridgehead atoms. The zero-order valence-corrected chi connectivity index (χ0v) is 18.9. The molecular weight excluding hydrogens is 473 g/mol. The number of rotatable bonds is 7. The van der Waals surface area contributed by atoms with E-state index in [1.807, 2.05) is 30.3 Å². The largest absolute Gasteiger partial charge is 0.347 e. The van der Waals surface area contributed by atoms with Crippen LogP contribution in [0.15, 0.2) is 79.1 Å². The number of benzene rings is 3. The molecule has 4 N–H and O–H groups in total. The first-order valence-electron chi connectivity index (χ1n) is 10.4. The maximum atomic E-state index is 13.2. The summed E-state index contributed by atoms with van der Waals surface area (Å²) in [6.45, 7) is 0.296. The van der Waals surface area contributed by atoms with Gasteiger partial charge in [0.05, 0.1) is 16.9 Å². The second-order valence-corrected chi connectivity index (χ2v) is 7.81. The van der Waals surface area contributed by atoms with Crippen LogP contribution in [0.5, 0.6) is 0 Å². The summed E-state index contributed by atoms with van der Waals surface area (Å²) in [7, 11) is 0. The number of aromatic nitrogens is 2. The van der Waals surface area contributed by atoms with Gasteiger partial charge in [-0.2, -0.15) is 0 Å². The Hall–Kier alpha value is -4.50. The SMILES string of the molecule is O=C(Nc1ccc(NC(=O)c2[nH]cnc2C(=O)NCc2ccccc2)cc1)c1ccc(F)cc1Cl. The normalized spacial score (nSPS) is 10.5. The van der Waals surface area contributed by atoms with Crippen molar-refractivity contribution in [1.82, 2.24) is 15.3 Å². The van der Waals surface area contributed by atoms with E-state index >= 15 is 0 Å². The molecule has 0 saturated heterocycles. The first-order valence-corrected chi connectivity index (χ1v) is 10.8. The highest BCUT2D eigenvalue weighted by atomic mass is 35.5. The van der Waals surface area contributed by atoms with Gasteiger partial charge >= 0.3 is 0 Å². The Kier molecular flexibility index (Phi) is 7.18. The maximum Gasteiger partial charge on any atom is 0.274 e. The lowest BCUT2D eigenvalue weighted by atomic mass is 10.2. The summed E-state index contributed by atoms with van der Waals surface area (Å²) in [5, 5.41) is 8.06. The predicted molar refractivity (Wildman–Crippen MR) is 130 cm³/mol. The Bertz CT molecular complexity index is 1370. The van der Waals surface area contributed by atoms with Crippen molar-refractivity contribution >= 4 is 40.7 Å². The quantitative estimate of drug-likeness (QED) is 0.301. The first kappa shape index (κ1) is 23.7. The molecule has 0 aliphatic rings. The number of hydrogen-bond acceptors (Lipinski definition) is 4. The monoisotopic (exact) mass is 491 g/mol. The molecule has 10 heteroatoms. The zero-order chi connectivity index (χ0) is 24.8. The maximum absolute atomic E-state index is 13.2. The molecule has 8 nitrogen and oxygen atoms in total. The summed E-state index contributed by atoms with van der Waals surface area (Å²) in [6.07, 6.45) is 1.27. The Morgan fingerprint density at radius 2 is 1.51 bits per heavy atom. The van der Waals surface area contributed by atoms with Crippen LogP contribution < -0.4 is 16.0 Å². The number of amides is 3. The summed E-state index contributed by atoms with van der Waals surface area (Å²) in [4.78, 5) is 44.3. The van der Waals surface area contributed by atoms with E-state index in [1.54, 1.807) is 24.3 Å². The predicted octanol–water partition coefficient (Wildman–Crippen LogP) is 4.64. The number of nitrogens with one attached hydrogen (secondary N) is 4. The summed E-state index contributed by atoms with van der Waals surface area (Å²) in [5.74, 6) is -2.09. The molecule has 35 heavy (non-hydrogen) atoms. The van der Waals surface area contributed by atoms with Crippen LogP contribution in [0.25, 0.3) is 0 Å². The van der Waals surface area contributed by atoms with Crippen LogP contribution in [0, 0.1) is 5.82 Å². The average molecular weight is 492 g/mol. The van der Waals surface area contributed by atoms with Gasteiger partial charge in [-0.05, 0) is 48.0 Å². The van der Waals surface area contributed by atoms with E-state index in [0.717, 1.165) is 17.7 Å². The van der Waals surface area contributed by atoms with Gasteiger partial charge in [-0.3, -0.25) is 14.4 Å². The third-order valence-corrected chi connectivity index (χ3v) is 5.27. The van der Waals surface area contributed by atoms with E-state index < -0.39 is 23.5 Å². The molecular formula is C25H19ClFN5O3. The molecule has 3 amide bonds. The van der Waals surface area contributed by atoms with Crippen molar-refractivity contribution in [3.63, 3.8) is 0 Å². The minimum atomic E-state index is -0.553. The molecule has 0 saturated carbocycles. The smallest absolute Gasteiger partial charge is 0.274 e. The molecule has 4 aromatic rings. The Labute approximate surface area is 204 Å². The fraction of sp³-hybridized carbons (Fsp3) is 0.0400. The highest BCUT2D eigenvalue weighted by Crippen LogP contribution is 2.20. The fourth-order valence-corrected chi connectivity index (χ4v) is 3.46. The molecule has 4 rings (SSSR count). The first-order chi connectivity index (χ1) is 16.9. The van der Waals surface area contributed by atoms with Gasteiger partial charge in [0.15, 0.2) is 5.69 Å². The second-order valence-electron chi connectivity index (χ2n) is 7.40. The van der Waals surface area contributed by atoms with Crippen LogP contribution in [0.1, 0.15) is 36.9 Å². The molecule has 1 aromatic heterocycles. The standard InChI is InChI=1S/C25H19ClFN5O3/c26-20-12-16(27)6-11-19(20)23(33)31-17-7-9-18(10-8-17)32-25(35)22-21(29-14-30-22)24(34)28-13-15-4-2-1-3-5-15/h1-12,14H,13H2,(H,28,34)(H,29,30)(H,31,33)(H,32,35). The van der Waals surface area contributed by atoms with Gasteiger partial charge in [-0.15, -0.1) is 0 Å². The number of anilines is 2. The van der Waals surface area contributed by atoms with Crippen LogP contribution in [0.2, 0.25) is 5.02 Å². The van der Waals surface area contributed by atoms with Gasteiger partial charge in [0.25, 0.3) is 17.7 Å². The zero-order valence-electron chi connectivity index (χ0n) is 18.1. The van der Waals surface area contributed by atoms with Gasteiger partial charge < -0.3 is 20.9 Å². The fourth-order valence-electron chi connectivity index (χ4n) is 3.20. The number of hydrogen-bond donors (Lipinski definition) is 4. The third kappa shape index (κ3) is 5.90. The van der Waals surface area contributed by atoms with Gasteiger partial charge in [0.1, 0.15) is 11.5 Å². The molecule has 176 valence electrons. The number of H-pyrrole nitrogens is 1. The van der Waals surface area contributed by atoms with Crippen LogP contribution in [0.4, 0.5) is 15.8 Å². The molecule has 0 radical (unpaired) electrons. The van der Waals surface area contributed by atoms with Gasteiger partial charge in [-0.25, -0.2) is 9.37 Å². The number of imidazole rings is 1. The van der Waals surface area contributed by atoms with Crippen molar-refractivity contribution in [2.45, 2.75) is 6.54 Å². The van der Waals surface area contributed by atoms with E-state index in [-0.39, 0.29) is 22.0 Å². The Morgan fingerprint density at radius 3 is 2.17 bits per heavy atom. The molecule has 0 aliphatic heterocycles. The van der Waals surface area contributed by atoms with E-state index in [0.29, 0.717) is 17.9 Å². The van der Waals surface area contributed by atoms with Crippen LogP contribution in [0.3, 0.4) is 0 Å². The van der Waals surface area contributed by atoms with Crippen molar-refractivity contribution in [2.75, 3.05) is 10.6 Å². The minimum Gasteiger partial charge on any atom is -0.347 e. The van der Waals surface area contributed by atoms with Crippen LogP contribution >= 0.6 is 11.6 Å². The number of nitrogens with zero attached hydrogens (tertiary/aromatic N) is 1. The molecule has 0 atom stereocenters. The third-order valence-electron chi connectivity index (χ3n) is 4.95. The summed E-state index contributed by atoms with van der Waals surface area (Å²) < 4.78 is 13.2.